The molecule has 4 heteroatoms. The van der Waals surface area contributed by atoms with Gasteiger partial charge in [-0.2, -0.15) is 0 Å². The average Bonchev–Trinajstić information content (AvgIpc) is 2.42. The standard InChI is InChI=1S/C16H17Br2NO/c1-2-8-19-11-12-6-7-16(15(18)9-12)20-14-5-3-4-13(17)10-14/h3-7,9-10,19H,2,8,11H2,1H3. The predicted octanol–water partition coefficient (Wildman–Crippen LogP) is 5.50. The quantitative estimate of drug-likeness (QED) is 0.648. The molecule has 106 valence electrons. The van der Waals surface area contributed by atoms with Crippen LogP contribution in [0, 0.1) is 0 Å². The van der Waals surface area contributed by atoms with Crippen molar-refractivity contribution in [1.29, 1.82) is 0 Å². The molecule has 0 atom stereocenters. The molecule has 0 radical (unpaired) electrons. The van der Waals surface area contributed by atoms with E-state index in [1.165, 1.54) is 5.56 Å². The van der Waals surface area contributed by atoms with Gasteiger partial charge in [-0.15, -0.1) is 0 Å². The van der Waals surface area contributed by atoms with Gasteiger partial charge in [0.1, 0.15) is 11.5 Å². The summed E-state index contributed by atoms with van der Waals surface area (Å²) >= 11 is 7.01. The smallest absolute Gasteiger partial charge is 0.141 e. The number of rotatable bonds is 6. The second-order valence-electron chi connectivity index (χ2n) is 4.50. The summed E-state index contributed by atoms with van der Waals surface area (Å²) in [5, 5.41) is 3.39. The maximum absolute atomic E-state index is 5.87. The van der Waals surface area contributed by atoms with Crippen LogP contribution in [-0.4, -0.2) is 6.54 Å². The van der Waals surface area contributed by atoms with Gasteiger partial charge in [0, 0.05) is 11.0 Å². The van der Waals surface area contributed by atoms with E-state index < -0.39 is 0 Å². The normalized spacial score (nSPS) is 10.6. The van der Waals surface area contributed by atoms with E-state index in [1.54, 1.807) is 0 Å². The number of ether oxygens (including phenoxy) is 1. The van der Waals surface area contributed by atoms with Gasteiger partial charge < -0.3 is 10.1 Å². The lowest BCUT2D eigenvalue weighted by Gasteiger charge is -2.10. The summed E-state index contributed by atoms with van der Waals surface area (Å²) in [6.07, 6.45) is 1.14. The minimum absolute atomic E-state index is 0.817. The van der Waals surface area contributed by atoms with Crippen molar-refractivity contribution in [1.82, 2.24) is 5.32 Å². The Morgan fingerprint density at radius 2 is 1.95 bits per heavy atom. The molecule has 0 saturated heterocycles. The number of benzene rings is 2. The molecule has 0 aromatic heterocycles. The fourth-order valence-electron chi connectivity index (χ4n) is 1.80. The maximum atomic E-state index is 5.87. The van der Waals surface area contributed by atoms with Crippen LogP contribution in [0.2, 0.25) is 0 Å². The minimum atomic E-state index is 0.817. The lowest BCUT2D eigenvalue weighted by molar-refractivity contribution is 0.479. The van der Waals surface area contributed by atoms with Crippen LogP contribution in [0.15, 0.2) is 51.4 Å². The molecule has 1 N–H and O–H groups in total. The predicted molar refractivity (Wildman–Crippen MR) is 90.4 cm³/mol. The van der Waals surface area contributed by atoms with E-state index in [0.29, 0.717) is 0 Å². The zero-order valence-corrected chi connectivity index (χ0v) is 14.5. The van der Waals surface area contributed by atoms with E-state index >= 15 is 0 Å². The Hall–Kier alpha value is -0.840. The Balaban J connectivity index is 2.06. The Morgan fingerprint density at radius 3 is 2.65 bits per heavy atom. The van der Waals surface area contributed by atoms with Gasteiger partial charge in [0.25, 0.3) is 0 Å². The third-order valence-corrected chi connectivity index (χ3v) is 3.89. The molecule has 0 saturated carbocycles. The molecule has 0 aliphatic carbocycles. The summed E-state index contributed by atoms with van der Waals surface area (Å²) < 4.78 is 7.85. The van der Waals surface area contributed by atoms with Crippen molar-refractivity contribution in [3.63, 3.8) is 0 Å². The molecular formula is C16H17Br2NO. The van der Waals surface area contributed by atoms with Crippen LogP contribution in [0.5, 0.6) is 11.5 Å². The van der Waals surface area contributed by atoms with Gasteiger partial charge in [-0.1, -0.05) is 35.0 Å². The fourth-order valence-corrected chi connectivity index (χ4v) is 2.69. The maximum Gasteiger partial charge on any atom is 0.141 e. The molecule has 0 heterocycles. The first kappa shape index (κ1) is 15.5. The summed E-state index contributed by atoms with van der Waals surface area (Å²) in [6.45, 7) is 4.08. The van der Waals surface area contributed by atoms with Gasteiger partial charge in [0.2, 0.25) is 0 Å². The molecule has 0 fully saturated rings. The van der Waals surface area contributed by atoms with Crippen molar-refractivity contribution in [3.05, 3.63) is 57.0 Å². The second kappa shape index (κ2) is 7.81. The number of hydrogen-bond donors (Lipinski definition) is 1. The van der Waals surface area contributed by atoms with Gasteiger partial charge in [0.15, 0.2) is 0 Å². The SMILES string of the molecule is CCCNCc1ccc(Oc2cccc(Br)c2)c(Br)c1. The molecule has 0 amide bonds. The lowest BCUT2D eigenvalue weighted by atomic mass is 10.2. The van der Waals surface area contributed by atoms with Crippen LogP contribution in [0.25, 0.3) is 0 Å². The molecular weight excluding hydrogens is 382 g/mol. The van der Waals surface area contributed by atoms with Gasteiger partial charge >= 0.3 is 0 Å². The van der Waals surface area contributed by atoms with E-state index in [1.807, 2.05) is 30.3 Å². The Labute approximate surface area is 136 Å². The monoisotopic (exact) mass is 397 g/mol. The summed E-state index contributed by atoms with van der Waals surface area (Å²) in [4.78, 5) is 0. The van der Waals surface area contributed by atoms with Crippen molar-refractivity contribution >= 4 is 31.9 Å². The van der Waals surface area contributed by atoms with Crippen molar-refractivity contribution < 1.29 is 4.74 Å². The van der Waals surface area contributed by atoms with Gasteiger partial charge in [0.05, 0.1) is 4.47 Å². The Bertz CT molecular complexity index is 572. The highest BCUT2D eigenvalue weighted by molar-refractivity contribution is 9.10. The highest BCUT2D eigenvalue weighted by Gasteiger charge is 2.04. The zero-order chi connectivity index (χ0) is 14.4. The van der Waals surface area contributed by atoms with Crippen molar-refractivity contribution in [3.8, 4) is 11.5 Å². The van der Waals surface area contributed by atoms with Crippen LogP contribution in [0.4, 0.5) is 0 Å². The lowest BCUT2D eigenvalue weighted by Crippen LogP contribution is -2.13. The van der Waals surface area contributed by atoms with Crippen molar-refractivity contribution in [2.24, 2.45) is 0 Å². The third kappa shape index (κ3) is 4.62. The van der Waals surface area contributed by atoms with E-state index in [-0.39, 0.29) is 0 Å². The largest absolute Gasteiger partial charge is 0.456 e. The number of hydrogen-bond acceptors (Lipinski definition) is 2. The van der Waals surface area contributed by atoms with Gasteiger partial charge in [-0.3, -0.25) is 0 Å². The summed E-state index contributed by atoms with van der Waals surface area (Å²) in [6, 6.07) is 14.0. The summed E-state index contributed by atoms with van der Waals surface area (Å²) in [7, 11) is 0. The molecule has 2 rings (SSSR count). The first-order chi connectivity index (χ1) is 9.69. The highest BCUT2D eigenvalue weighted by Crippen LogP contribution is 2.31. The molecule has 20 heavy (non-hydrogen) atoms. The highest BCUT2D eigenvalue weighted by atomic mass is 79.9. The van der Waals surface area contributed by atoms with Gasteiger partial charge in [-0.05, 0) is 64.8 Å². The average molecular weight is 399 g/mol. The molecule has 0 spiro atoms. The first-order valence-electron chi connectivity index (χ1n) is 6.61. The van der Waals surface area contributed by atoms with E-state index in [4.69, 9.17) is 4.74 Å². The number of halogens is 2. The van der Waals surface area contributed by atoms with Crippen molar-refractivity contribution in [2.75, 3.05) is 6.54 Å². The van der Waals surface area contributed by atoms with Gasteiger partial charge in [-0.25, -0.2) is 0 Å². The van der Waals surface area contributed by atoms with Crippen LogP contribution in [0.1, 0.15) is 18.9 Å². The molecule has 0 bridgehead atoms. The van der Waals surface area contributed by atoms with Crippen molar-refractivity contribution in [2.45, 2.75) is 19.9 Å². The summed E-state index contributed by atoms with van der Waals surface area (Å²) in [5.74, 6) is 1.64. The first-order valence-corrected chi connectivity index (χ1v) is 8.20. The van der Waals surface area contributed by atoms with Crippen LogP contribution in [-0.2, 0) is 6.54 Å². The van der Waals surface area contributed by atoms with Crippen LogP contribution < -0.4 is 10.1 Å². The Kier molecular flexibility index (Phi) is 6.07. The minimum Gasteiger partial charge on any atom is -0.456 e. The van der Waals surface area contributed by atoms with E-state index in [0.717, 1.165) is 40.0 Å². The van der Waals surface area contributed by atoms with Crippen LogP contribution in [0.3, 0.4) is 0 Å². The topological polar surface area (TPSA) is 21.3 Å². The van der Waals surface area contributed by atoms with E-state index in [2.05, 4.69) is 56.2 Å². The van der Waals surface area contributed by atoms with E-state index in [9.17, 15) is 0 Å². The molecule has 0 aliphatic rings. The third-order valence-electron chi connectivity index (χ3n) is 2.78. The molecule has 0 unspecified atom stereocenters. The molecule has 2 aromatic carbocycles. The number of nitrogens with one attached hydrogen (secondary N) is 1. The molecule has 0 aliphatic heterocycles. The second-order valence-corrected chi connectivity index (χ2v) is 6.27. The van der Waals surface area contributed by atoms with Crippen LogP contribution >= 0.6 is 31.9 Å². The summed E-state index contributed by atoms with van der Waals surface area (Å²) in [5.41, 5.74) is 1.24. The molecule has 2 aromatic rings. The molecule has 2 nitrogen and oxygen atoms in total. The zero-order valence-electron chi connectivity index (χ0n) is 11.3. The fraction of sp³-hybridized carbons (Fsp3) is 0.250. The Morgan fingerprint density at radius 1 is 1.10 bits per heavy atom.